The molecule has 0 aliphatic carbocycles. The standard InChI is InChI=1S/C21H21N3O4S2/c1-29-11-10-14(19(25)24-21-23-13-6-2-5-9-18(13)30-21)22-20(26)17-12-27-15-7-3-4-8-16(15)28-17/h2-9,14,17H,10-12H2,1H3,(H,22,26)(H,23,24,25). The maximum atomic E-state index is 12.9. The van der Waals surface area contributed by atoms with Crippen molar-refractivity contribution in [2.24, 2.45) is 0 Å². The number of fused-ring (bicyclic) bond motifs is 2. The summed E-state index contributed by atoms with van der Waals surface area (Å²) in [5.41, 5.74) is 0.828. The molecule has 0 fully saturated rings. The SMILES string of the molecule is CSCCC(NC(=O)C1COc2ccccc2O1)C(=O)Nc1nc2ccccc2s1. The van der Waals surface area contributed by atoms with Crippen LogP contribution in [0, 0.1) is 0 Å². The van der Waals surface area contributed by atoms with Crippen LogP contribution in [0.3, 0.4) is 0 Å². The fraction of sp³-hybridized carbons (Fsp3) is 0.286. The zero-order valence-corrected chi connectivity index (χ0v) is 17.9. The van der Waals surface area contributed by atoms with Crippen molar-refractivity contribution in [3.05, 3.63) is 48.5 Å². The molecule has 2 heterocycles. The van der Waals surface area contributed by atoms with E-state index in [1.54, 1.807) is 23.9 Å². The van der Waals surface area contributed by atoms with Gasteiger partial charge in [-0.05, 0) is 42.7 Å². The van der Waals surface area contributed by atoms with Gasteiger partial charge < -0.3 is 20.1 Å². The van der Waals surface area contributed by atoms with Crippen molar-refractivity contribution in [2.45, 2.75) is 18.6 Å². The summed E-state index contributed by atoms with van der Waals surface area (Å²) in [6.07, 6.45) is 1.64. The number of aromatic nitrogens is 1. The van der Waals surface area contributed by atoms with Gasteiger partial charge in [-0.1, -0.05) is 35.6 Å². The minimum Gasteiger partial charge on any atom is -0.485 e. The van der Waals surface area contributed by atoms with Crippen molar-refractivity contribution in [1.82, 2.24) is 10.3 Å². The highest BCUT2D eigenvalue weighted by atomic mass is 32.2. The Morgan fingerprint density at radius 3 is 2.77 bits per heavy atom. The van der Waals surface area contributed by atoms with Crippen LogP contribution < -0.4 is 20.1 Å². The second-order valence-electron chi connectivity index (χ2n) is 6.68. The fourth-order valence-electron chi connectivity index (χ4n) is 3.04. The second kappa shape index (κ2) is 9.36. The molecule has 0 saturated heterocycles. The van der Waals surface area contributed by atoms with Crippen LogP contribution in [0.15, 0.2) is 48.5 Å². The molecule has 0 spiro atoms. The van der Waals surface area contributed by atoms with E-state index in [1.165, 1.54) is 11.3 Å². The summed E-state index contributed by atoms with van der Waals surface area (Å²) < 4.78 is 12.4. The fourth-order valence-corrected chi connectivity index (χ4v) is 4.38. The molecule has 2 amide bonds. The van der Waals surface area contributed by atoms with Gasteiger partial charge in [-0.2, -0.15) is 11.8 Å². The molecule has 0 saturated carbocycles. The molecule has 1 aromatic heterocycles. The highest BCUT2D eigenvalue weighted by Gasteiger charge is 2.31. The van der Waals surface area contributed by atoms with Crippen LogP contribution in [-0.2, 0) is 9.59 Å². The minimum atomic E-state index is -0.813. The third-order valence-corrected chi connectivity index (χ3v) is 6.16. The van der Waals surface area contributed by atoms with Gasteiger partial charge in [0.05, 0.1) is 10.2 Å². The number of para-hydroxylation sites is 3. The van der Waals surface area contributed by atoms with E-state index in [-0.39, 0.29) is 18.4 Å². The first-order valence-electron chi connectivity index (χ1n) is 9.48. The first kappa shape index (κ1) is 20.5. The second-order valence-corrected chi connectivity index (χ2v) is 8.70. The molecule has 2 aromatic carbocycles. The average Bonchev–Trinajstić information content (AvgIpc) is 3.18. The van der Waals surface area contributed by atoms with E-state index < -0.39 is 12.1 Å². The van der Waals surface area contributed by atoms with Crippen molar-refractivity contribution in [3.63, 3.8) is 0 Å². The number of hydrogen-bond donors (Lipinski definition) is 2. The third kappa shape index (κ3) is 4.68. The largest absolute Gasteiger partial charge is 0.485 e. The van der Waals surface area contributed by atoms with Crippen LogP contribution in [0.5, 0.6) is 11.5 Å². The molecule has 1 aliphatic heterocycles. The molecule has 3 aromatic rings. The maximum Gasteiger partial charge on any atom is 0.265 e. The van der Waals surface area contributed by atoms with Gasteiger partial charge >= 0.3 is 0 Å². The van der Waals surface area contributed by atoms with Crippen LogP contribution in [0.1, 0.15) is 6.42 Å². The molecule has 4 rings (SSSR count). The molecule has 2 unspecified atom stereocenters. The number of nitrogens with zero attached hydrogens (tertiary/aromatic N) is 1. The van der Waals surface area contributed by atoms with E-state index >= 15 is 0 Å². The summed E-state index contributed by atoms with van der Waals surface area (Å²) in [4.78, 5) is 30.1. The Morgan fingerprint density at radius 2 is 1.97 bits per heavy atom. The zero-order chi connectivity index (χ0) is 20.9. The molecular formula is C21H21N3O4S2. The van der Waals surface area contributed by atoms with E-state index in [9.17, 15) is 9.59 Å². The smallest absolute Gasteiger partial charge is 0.265 e. The average molecular weight is 444 g/mol. The number of benzene rings is 2. The van der Waals surface area contributed by atoms with E-state index in [0.29, 0.717) is 23.1 Å². The highest BCUT2D eigenvalue weighted by Crippen LogP contribution is 2.31. The molecule has 9 heteroatoms. The Kier molecular flexibility index (Phi) is 6.39. The van der Waals surface area contributed by atoms with E-state index in [1.807, 2.05) is 42.7 Å². The number of anilines is 1. The first-order chi connectivity index (χ1) is 14.6. The number of rotatable bonds is 7. The van der Waals surface area contributed by atoms with Gasteiger partial charge in [-0.15, -0.1) is 0 Å². The van der Waals surface area contributed by atoms with Gasteiger partial charge in [0, 0.05) is 0 Å². The lowest BCUT2D eigenvalue weighted by Gasteiger charge is -2.27. The zero-order valence-electron chi connectivity index (χ0n) is 16.3. The van der Waals surface area contributed by atoms with Crippen LogP contribution >= 0.6 is 23.1 Å². The van der Waals surface area contributed by atoms with Crippen LogP contribution in [0.25, 0.3) is 10.2 Å². The van der Waals surface area contributed by atoms with Crippen LogP contribution in [-0.4, -0.2) is 47.6 Å². The number of nitrogens with one attached hydrogen (secondary N) is 2. The molecule has 30 heavy (non-hydrogen) atoms. The molecule has 2 N–H and O–H groups in total. The Hall–Kier alpha value is -2.78. The lowest BCUT2D eigenvalue weighted by Crippen LogP contribution is -2.51. The molecule has 2 atom stereocenters. The quantitative estimate of drug-likeness (QED) is 0.582. The number of thioether (sulfide) groups is 1. The van der Waals surface area contributed by atoms with Crippen molar-refractivity contribution >= 4 is 50.3 Å². The lowest BCUT2D eigenvalue weighted by molar-refractivity contribution is -0.133. The van der Waals surface area contributed by atoms with E-state index in [2.05, 4.69) is 15.6 Å². The Bertz CT molecular complexity index is 1020. The number of carbonyl (C=O) groups is 2. The monoisotopic (exact) mass is 443 g/mol. The Balaban J connectivity index is 1.42. The predicted molar refractivity (Wildman–Crippen MR) is 120 cm³/mol. The van der Waals surface area contributed by atoms with Gasteiger partial charge in [0.15, 0.2) is 16.6 Å². The Labute approximate surface area is 182 Å². The lowest BCUT2D eigenvalue weighted by atomic mass is 10.2. The normalized spacial score (nSPS) is 16.1. The van der Waals surface area contributed by atoms with Crippen molar-refractivity contribution in [1.29, 1.82) is 0 Å². The first-order valence-corrected chi connectivity index (χ1v) is 11.7. The summed E-state index contributed by atoms with van der Waals surface area (Å²) in [6, 6.07) is 14.2. The van der Waals surface area contributed by atoms with Gasteiger partial charge in [0.2, 0.25) is 12.0 Å². The van der Waals surface area contributed by atoms with Gasteiger partial charge in [0.25, 0.3) is 5.91 Å². The van der Waals surface area contributed by atoms with Crippen molar-refractivity contribution in [3.8, 4) is 11.5 Å². The summed E-state index contributed by atoms with van der Waals surface area (Å²) >= 11 is 3.01. The van der Waals surface area contributed by atoms with Crippen molar-refractivity contribution < 1.29 is 19.1 Å². The number of hydrogen-bond acceptors (Lipinski definition) is 7. The number of thiazole rings is 1. The summed E-state index contributed by atoms with van der Waals surface area (Å²) in [7, 11) is 0. The van der Waals surface area contributed by atoms with Crippen molar-refractivity contribution in [2.75, 3.05) is 23.9 Å². The maximum absolute atomic E-state index is 12.9. The van der Waals surface area contributed by atoms with E-state index in [4.69, 9.17) is 9.47 Å². The molecule has 1 aliphatic rings. The number of amides is 2. The highest BCUT2D eigenvalue weighted by molar-refractivity contribution is 7.98. The van der Waals surface area contributed by atoms with E-state index in [0.717, 1.165) is 16.0 Å². The van der Waals surface area contributed by atoms with Gasteiger partial charge in [0.1, 0.15) is 12.6 Å². The van der Waals surface area contributed by atoms with Gasteiger partial charge in [-0.25, -0.2) is 4.98 Å². The minimum absolute atomic E-state index is 0.0948. The number of ether oxygens (including phenoxy) is 2. The Morgan fingerprint density at radius 1 is 1.20 bits per heavy atom. The molecule has 0 bridgehead atoms. The number of carbonyl (C=O) groups excluding carboxylic acids is 2. The third-order valence-electron chi connectivity index (χ3n) is 4.57. The van der Waals surface area contributed by atoms with Crippen LogP contribution in [0.4, 0.5) is 5.13 Å². The molecule has 156 valence electrons. The summed E-state index contributed by atoms with van der Waals surface area (Å²) in [6.45, 7) is 0.0948. The van der Waals surface area contributed by atoms with Crippen LogP contribution in [0.2, 0.25) is 0 Å². The predicted octanol–water partition coefficient (Wildman–Crippen LogP) is 3.31. The topological polar surface area (TPSA) is 89.5 Å². The summed E-state index contributed by atoms with van der Waals surface area (Å²) in [5.74, 6) is 1.17. The molecular weight excluding hydrogens is 422 g/mol. The van der Waals surface area contributed by atoms with Gasteiger partial charge in [-0.3, -0.25) is 9.59 Å². The molecule has 0 radical (unpaired) electrons. The summed E-state index contributed by atoms with van der Waals surface area (Å²) in [5, 5.41) is 6.16. The molecule has 7 nitrogen and oxygen atoms in total.